The molecule has 1 fully saturated rings. The fourth-order valence-electron chi connectivity index (χ4n) is 2.88. The molecule has 2 unspecified atom stereocenters. The lowest BCUT2D eigenvalue weighted by Gasteiger charge is -2.39. The molecule has 1 aliphatic heterocycles. The number of rotatable bonds is 3. The third-order valence-electron chi connectivity index (χ3n) is 3.93. The van der Waals surface area contributed by atoms with Crippen LogP contribution in [0.5, 0.6) is 0 Å². The van der Waals surface area contributed by atoms with E-state index in [0.717, 1.165) is 19.3 Å². The van der Waals surface area contributed by atoms with Gasteiger partial charge in [0, 0.05) is 23.7 Å². The maximum atomic E-state index is 13.0. The van der Waals surface area contributed by atoms with E-state index >= 15 is 0 Å². The van der Waals surface area contributed by atoms with Crippen LogP contribution in [0.4, 0.5) is 0 Å². The monoisotopic (exact) mass is 316 g/mol. The van der Waals surface area contributed by atoms with E-state index in [0.29, 0.717) is 17.1 Å². The smallest absolute Gasteiger partial charge is 0.243 e. The number of hydrogen-bond acceptors (Lipinski definition) is 3. The van der Waals surface area contributed by atoms with Gasteiger partial charge in [0.05, 0.1) is 4.90 Å². The lowest BCUT2D eigenvalue weighted by Crippen LogP contribution is -2.51. The zero-order valence-corrected chi connectivity index (χ0v) is 13.4. The second kappa shape index (κ2) is 6.02. The topological polar surface area (TPSA) is 63.4 Å². The minimum Gasteiger partial charge on any atom is -0.329 e. The van der Waals surface area contributed by atoms with Crippen LogP contribution >= 0.6 is 11.6 Å². The molecule has 1 aliphatic rings. The normalized spacial score (nSPS) is 24.8. The Bertz CT molecular complexity index is 589. The molecular formula is C14H21ClN2O2S. The van der Waals surface area contributed by atoms with Crippen molar-refractivity contribution in [1.82, 2.24) is 4.31 Å². The largest absolute Gasteiger partial charge is 0.329 e. The highest BCUT2D eigenvalue weighted by molar-refractivity contribution is 7.89. The summed E-state index contributed by atoms with van der Waals surface area (Å²) in [5.41, 5.74) is 6.48. The van der Waals surface area contributed by atoms with Gasteiger partial charge in [-0.3, -0.25) is 0 Å². The van der Waals surface area contributed by atoms with Crippen LogP contribution in [0, 0.1) is 6.92 Å². The van der Waals surface area contributed by atoms with Gasteiger partial charge in [0.2, 0.25) is 10.0 Å². The van der Waals surface area contributed by atoms with Gasteiger partial charge >= 0.3 is 0 Å². The molecule has 0 bridgehead atoms. The molecule has 1 heterocycles. The van der Waals surface area contributed by atoms with Crippen molar-refractivity contribution in [2.24, 2.45) is 5.73 Å². The molecule has 112 valence electrons. The molecule has 0 aliphatic carbocycles. The number of sulfonamides is 1. The Kier molecular flexibility index (Phi) is 4.74. The first kappa shape index (κ1) is 15.8. The highest BCUT2D eigenvalue weighted by Gasteiger charge is 2.37. The molecule has 0 radical (unpaired) electrons. The van der Waals surface area contributed by atoms with Crippen molar-refractivity contribution in [2.45, 2.75) is 50.1 Å². The quantitative estimate of drug-likeness (QED) is 0.932. The number of nitrogens with two attached hydrogens (primary N) is 1. The summed E-state index contributed by atoms with van der Waals surface area (Å²) in [6.07, 6.45) is 2.71. The van der Waals surface area contributed by atoms with Crippen LogP contribution in [0.1, 0.15) is 31.7 Å². The molecule has 2 N–H and O–H groups in total. The lowest BCUT2D eigenvalue weighted by atomic mass is 10.00. The fourth-order valence-corrected chi connectivity index (χ4v) is 5.26. The standard InChI is InChI=1S/C14H21ClN2O2S/c1-10-6-7-12(15)8-14(10)20(18,19)17-11(2)4-3-5-13(17)9-16/h6-8,11,13H,3-5,9,16H2,1-2H3. The maximum Gasteiger partial charge on any atom is 0.243 e. The Labute approximate surface area is 126 Å². The van der Waals surface area contributed by atoms with Gasteiger partial charge < -0.3 is 5.73 Å². The SMILES string of the molecule is Cc1ccc(Cl)cc1S(=O)(=O)N1C(C)CCCC1CN. The van der Waals surface area contributed by atoms with Gasteiger partial charge in [0.15, 0.2) is 0 Å². The van der Waals surface area contributed by atoms with Gasteiger partial charge in [-0.15, -0.1) is 0 Å². The van der Waals surface area contributed by atoms with Crippen molar-refractivity contribution in [2.75, 3.05) is 6.54 Å². The van der Waals surface area contributed by atoms with Crippen molar-refractivity contribution in [3.63, 3.8) is 0 Å². The van der Waals surface area contributed by atoms with Gasteiger partial charge in [-0.05, 0) is 44.4 Å². The number of piperidine rings is 1. The van der Waals surface area contributed by atoms with Crippen molar-refractivity contribution in [1.29, 1.82) is 0 Å². The van der Waals surface area contributed by atoms with Crippen LogP contribution in [0.3, 0.4) is 0 Å². The molecule has 4 nitrogen and oxygen atoms in total. The third-order valence-corrected chi connectivity index (χ3v) is 6.38. The molecule has 0 aromatic heterocycles. The van der Waals surface area contributed by atoms with E-state index in [1.807, 2.05) is 6.92 Å². The Balaban J connectivity index is 2.49. The lowest BCUT2D eigenvalue weighted by molar-refractivity contribution is 0.196. The first-order valence-corrected chi connectivity index (χ1v) is 8.69. The van der Waals surface area contributed by atoms with E-state index in [2.05, 4.69) is 0 Å². The first-order valence-electron chi connectivity index (χ1n) is 6.87. The number of halogens is 1. The van der Waals surface area contributed by atoms with Gasteiger partial charge in [0.25, 0.3) is 0 Å². The van der Waals surface area contributed by atoms with Crippen LogP contribution in [0.15, 0.2) is 23.1 Å². The van der Waals surface area contributed by atoms with Crippen LogP contribution in [0.2, 0.25) is 5.02 Å². The predicted octanol–water partition coefficient (Wildman–Crippen LogP) is 2.54. The zero-order valence-electron chi connectivity index (χ0n) is 11.8. The summed E-state index contributed by atoms with van der Waals surface area (Å²) in [6, 6.07) is 4.82. The number of benzene rings is 1. The summed E-state index contributed by atoms with van der Waals surface area (Å²) in [6.45, 7) is 4.08. The van der Waals surface area contributed by atoms with E-state index in [9.17, 15) is 8.42 Å². The second-order valence-electron chi connectivity index (χ2n) is 5.41. The predicted molar refractivity (Wildman–Crippen MR) is 81.4 cm³/mol. The number of aryl methyl sites for hydroxylation is 1. The molecule has 1 saturated heterocycles. The molecule has 0 spiro atoms. The molecule has 0 saturated carbocycles. The minimum atomic E-state index is -3.56. The Hall–Kier alpha value is -0.620. The second-order valence-corrected chi connectivity index (χ2v) is 7.66. The van der Waals surface area contributed by atoms with Gasteiger partial charge in [-0.1, -0.05) is 24.1 Å². The Morgan fingerprint density at radius 1 is 1.40 bits per heavy atom. The maximum absolute atomic E-state index is 13.0. The van der Waals surface area contributed by atoms with Crippen molar-refractivity contribution >= 4 is 21.6 Å². The fraction of sp³-hybridized carbons (Fsp3) is 0.571. The molecule has 1 aromatic rings. The van der Waals surface area contributed by atoms with E-state index < -0.39 is 10.0 Å². The van der Waals surface area contributed by atoms with Crippen LogP contribution in [-0.2, 0) is 10.0 Å². The summed E-state index contributed by atoms with van der Waals surface area (Å²) in [7, 11) is -3.56. The van der Waals surface area contributed by atoms with E-state index in [1.165, 1.54) is 6.07 Å². The summed E-state index contributed by atoms with van der Waals surface area (Å²) < 4.78 is 27.5. The summed E-state index contributed by atoms with van der Waals surface area (Å²) in [4.78, 5) is 0.289. The molecule has 20 heavy (non-hydrogen) atoms. The van der Waals surface area contributed by atoms with Crippen molar-refractivity contribution in [3.05, 3.63) is 28.8 Å². The first-order chi connectivity index (χ1) is 9.37. The molecule has 6 heteroatoms. The zero-order chi connectivity index (χ0) is 14.9. The van der Waals surface area contributed by atoms with E-state index in [-0.39, 0.29) is 17.0 Å². The average molecular weight is 317 g/mol. The van der Waals surface area contributed by atoms with E-state index in [1.54, 1.807) is 23.4 Å². The Morgan fingerprint density at radius 3 is 2.75 bits per heavy atom. The summed E-state index contributed by atoms with van der Waals surface area (Å²) >= 11 is 5.96. The highest BCUT2D eigenvalue weighted by Crippen LogP contribution is 2.31. The van der Waals surface area contributed by atoms with E-state index in [4.69, 9.17) is 17.3 Å². The molecule has 0 amide bonds. The van der Waals surface area contributed by atoms with Gasteiger partial charge in [-0.25, -0.2) is 8.42 Å². The average Bonchev–Trinajstić information content (AvgIpc) is 2.40. The molecule has 1 aromatic carbocycles. The third kappa shape index (κ3) is 2.86. The van der Waals surface area contributed by atoms with Gasteiger partial charge in [-0.2, -0.15) is 4.31 Å². The molecule has 2 rings (SSSR count). The minimum absolute atomic E-state index is 0.0271. The summed E-state index contributed by atoms with van der Waals surface area (Å²) in [5.74, 6) is 0. The molecule has 2 atom stereocenters. The van der Waals surface area contributed by atoms with Crippen LogP contribution in [0.25, 0.3) is 0 Å². The molecular weight excluding hydrogens is 296 g/mol. The summed E-state index contributed by atoms with van der Waals surface area (Å²) in [5, 5.41) is 0.433. The van der Waals surface area contributed by atoms with Gasteiger partial charge in [0.1, 0.15) is 0 Å². The number of nitrogens with zero attached hydrogens (tertiary/aromatic N) is 1. The Morgan fingerprint density at radius 2 is 2.10 bits per heavy atom. The van der Waals surface area contributed by atoms with Crippen LogP contribution in [-0.4, -0.2) is 31.4 Å². The van der Waals surface area contributed by atoms with Crippen LogP contribution < -0.4 is 5.73 Å². The van der Waals surface area contributed by atoms with Crippen molar-refractivity contribution < 1.29 is 8.42 Å². The number of hydrogen-bond donors (Lipinski definition) is 1. The highest BCUT2D eigenvalue weighted by atomic mass is 35.5. The van der Waals surface area contributed by atoms with Crippen molar-refractivity contribution in [3.8, 4) is 0 Å².